The number of nitrogens with zero attached hydrogens (tertiary/aromatic N) is 3. The van der Waals surface area contributed by atoms with Crippen molar-refractivity contribution < 1.29 is 48.6 Å². The minimum Gasteiger partial charge on any atom is -0.490 e. The number of rotatable bonds is 11. The molecule has 0 bridgehead atoms. The van der Waals surface area contributed by atoms with Crippen molar-refractivity contribution in [3.05, 3.63) is 71.5 Å². The van der Waals surface area contributed by atoms with Gasteiger partial charge in [-0.15, -0.1) is 5.10 Å². The summed E-state index contributed by atoms with van der Waals surface area (Å²) in [4.78, 5) is 12.9. The second kappa shape index (κ2) is 14.5. The molecule has 1 aromatic heterocycles. The number of carbonyl (C=O) groups is 1. The van der Waals surface area contributed by atoms with E-state index in [1.807, 2.05) is 37.3 Å². The van der Waals surface area contributed by atoms with Crippen LogP contribution < -0.4 is 10.1 Å². The predicted octanol–water partition coefficient (Wildman–Crippen LogP) is 1.86. The highest BCUT2D eigenvalue weighted by atomic mass is 28.4. The summed E-state index contributed by atoms with van der Waals surface area (Å²) in [5.41, 5.74) is 2.04. The second-order valence-corrected chi connectivity index (χ2v) is 16.6. The molecule has 10 atom stereocenters. The lowest BCUT2D eigenvalue weighted by Gasteiger charge is -2.43. The molecule has 2 aromatic carbocycles. The number of methoxy groups -OCH3 is 1. The van der Waals surface area contributed by atoms with Crippen LogP contribution in [-0.2, 0) is 20.8 Å². The Morgan fingerprint density at radius 2 is 1.83 bits per heavy atom. The summed E-state index contributed by atoms with van der Waals surface area (Å²) in [6, 6.07) is 14.4. The van der Waals surface area contributed by atoms with Crippen LogP contribution in [0.15, 0.2) is 54.7 Å². The molecule has 15 heteroatoms. The average Bonchev–Trinajstić information content (AvgIpc) is 3.50. The third-order valence-electron chi connectivity index (χ3n) is 9.19. The van der Waals surface area contributed by atoms with E-state index in [-0.39, 0.29) is 18.4 Å². The van der Waals surface area contributed by atoms with E-state index in [9.17, 15) is 30.3 Å². The highest BCUT2D eigenvalue weighted by Crippen LogP contribution is 2.48. The van der Waals surface area contributed by atoms with Gasteiger partial charge in [0, 0.05) is 42.6 Å². The van der Waals surface area contributed by atoms with E-state index < -0.39 is 62.8 Å². The van der Waals surface area contributed by atoms with E-state index in [1.165, 1.54) is 0 Å². The third kappa shape index (κ3) is 7.42. The number of aromatic nitrogens is 3. The summed E-state index contributed by atoms with van der Waals surface area (Å²) < 4.78 is 35.1. The van der Waals surface area contributed by atoms with Crippen molar-refractivity contribution >= 4 is 20.0 Å². The molecule has 0 aliphatic carbocycles. The molecule has 2 unspecified atom stereocenters. The molecule has 0 saturated carbocycles. The van der Waals surface area contributed by atoms with Crippen molar-refractivity contribution in [1.29, 1.82) is 0 Å². The van der Waals surface area contributed by atoms with E-state index in [0.717, 1.165) is 5.56 Å². The van der Waals surface area contributed by atoms with E-state index >= 15 is 4.11 Å². The molecule has 256 valence electrons. The Labute approximate surface area is 273 Å². The summed E-state index contributed by atoms with van der Waals surface area (Å²) in [7, 11) is -1.77. The number of benzene rings is 2. The van der Waals surface area contributed by atoms with Gasteiger partial charge in [0.25, 0.3) is 5.91 Å². The lowest BCUT2D eigenvalue weighted by atomic mass is 9.86. The van der Waals surface area contributed by atoms with Gasteiger partial charge < -0.3 is 49.2 Å². The molecule has 0 spiro atoms. The fraction of sp³-hybridized carbons (Fsp3) is 0.531. The van der Waals surface area contributed by atoms with Crippen LogP contribution >= 0.6 is 0 Å². The van der Waals surface area contributed by atoms with Crippen LogP contribution in [0, 0.1) is 5.92 Å². The molecular weight excluding hydrogens is 631 g/mol. The molecule has 6 N–H and O–H groups in total. The number of nitrogens with one attached hydrogen (secondary N) is 1. The van der Waals surface area contributed by atoms with E-state index in [0.29, 0.717) is 35.7 Å². The van der Waals surface area contributed by atoms with Gasteiger partial charge in [0.1, 0.15) is 30.2 Å². The Morgan fingerprint density at radius 1 is 1.11 bits per heavy atom. The van der Waals surface area contributed by atoms with Gasteiger partial charge in [0.05, 0.1) is 24.3 Å². The van der Waals surface area contributed by atoms with Gasteiger partial charge in [-0.1, -0.05) is 42.5 Å². The fourth-order valence-electron chi connectivity index (χ4n) is 6.55. The van der Waals surface area contributed by atoms with E-state index in [2.05, 4.69) is 15.6 Å². The maximum absolute atomic E-state index is 16.0. The maximum Gasteiger partial charge on any atom is 0.256 e. The summed E-state index contributed by atoms with van der Waals surface area (Å²) in [5.74, 6) is -0.977. The molecular formula is C32H43FN4O9Si. The van der Waals surface area contributed by atoms with Crippen molar-refractivity contribution in [2.75, 3.05) is 19.0 Å². The zero-order valence-electron chi connectivity index (χ0n) is 26.7. The minimum atomic E-state index is -3.32. The zero-order valence-corrected chi connectivity index (χ0v) is 27.7. The molecule has 2 aliphatic rings. The SMILES string of the molecule is CO[C@H]1c2cc(NC(=O)[C@H]3O[C@@H](O)[C@H](O)[C@@H](O)[C@@H]3O)ccc2O[C@@H](C(CCn2cc(C(CO)c3ccccc3)nn2)[Si](C)(C)F)[C@@H]1C. The van der Waals surface area contributed by atoms with Gasteiger partial charge in [0.15, 0.2) is 12.4 Å². The van der Waals surface area contributed by atoms with Crippen LogP contribution in [0.1, 0.15) is 42.2 Å². The van der Waals surface area contributed by atoms with Crippen LogP contribution in [0.25, 0.3) is 0 Å². The van der Waals surface area contributed by atoms with E-state index in [1.54, 1.807) is 49.3 Å². The van der Waals surface area contributed by atoms with Gasteiger partial charge in [-0.25, -0.2) is 0 Å². The van der Waals surface area contributed by atoms with Crippen LogP contribution in [-0.4, -0.2) is 105 Å². The molecule has 0 radical (unpaired) electrons. The molecule has 13 nitrogen and oxygen atoms in total. The molecule has 5 rings (SSSR count). The van der Waals surface area contributed by atoms with Crippen LogP contribution in [0.4, 0.5) is 9.80 Å². The Balaban J connectivity index is 1.31. The molecule has 1 fully saturated rings. The normalized spacial score (nSPS) is 29.0. The second-order valence-electron chi connectivity index (χ2n) is 12.8. The van der Waals surface area contributed by atoms with Gasteiger partial charge in [-0.3, -0.25) is 9.48 Å². The molecule has 1 amide bonds. The fourth-order valence-corrected chi connectivity index (χ4v) is 8.52. The van der Waals surface area contributed by atoms with Crippen LogP contribution in [0.3, 0.4) is 0 Å². The quantitative estimate of drug-likeness (QED) is 0.129. The Kier molecular flexibility index (Phi) is 10.8. The largest absolute Gasteiger partial charge is 0.490 e. The number of fused-ring (bicyclic) bond motifs is 1. The number of hydrogen-bond donors (Lipinski definition) is 6. The number of aliphatic hydroxyl groups excluding tert-OH is 5. The average molecular weight is 675 g/mol. The first kappa shape index (κ1) is 35.0. The van der Waals surface area contributed by atoms with Crippen molar-refractivity contribution in [1.82, 2.24) is 15.0 Å². The summed E-state index contributed by atoms with van der Waals surface area (Å²) >= 11 is 0. The van der Waals surface area contributed by atoms with Crippen molar-refractivity contribution in [2.24, 2.45) is 5.92 Å². The molecule has 3 heterocycles. The summed E-state index contributed by atoms with van der Waals surface area (Å²) in [6.45, 7) is 5.51. The van der Waals surface area contributed by atoms with Gasteiger partial charge in [-0.2, -0.15) is 0 Å². The number of aliphatic hydroxyl groups is 5. The first-order chi connectivity index (χ1) is 22.3. The van der Waals surface area contributed by atoms with Gasteiger partial charge in [0.2, 0.25) is 8.41 Å². The number of carbonyl (C=O) groups excluding carboxylic acids is 1. The first-order valence-corrected chi connectivity index (χ1v) is 18.6. The van der Waals surface area contributed by atoms with Crippen LogP contribution in [0.5, 0.6) is 5.75 Å². The zero-order chi connectivity index (χ0) is 34.0. The summed E-state index contributed by atoms with van der Waals surface area (Å²) in [5, 5.41) is 60.9. The highest BCUT2D eigenvalue weighted by molar-refractivity contribution is 6.72. The molecule has 2 aliphatic heterocycles. The third-order valence-corrected chi connectivity index (χ3v) is 11.6. The predicted molar refractivity (Wildman–Crippen MR) is 170 cm³/mol. The number of aryl methyl sites for hydroxylation is 1. The number of ether oxygens (including phenoxy) is 3. The molecule has 1 saturated heterocycles. The monoisotopic (exact) mass is 674 g/mol. The standard InChI is InChI=1S/C32H43FN4O9Si/c1-17-28(44-2)20-14-19(34-31(42)30-26(40)25(39)27(41)32(43)46-30)10-11-23(20)45-29(17)24(47(3,4)33)12-13-37-15-22(35-36-37)21(16-38)18-8-6-5-7-9-18/h5-11,14-15,17,21,24-30,32,38-41,43H,12-13,16H2,1-4H3,(H,34,42)/t17-,21?,24?,25+,26+,27-,28-,29-,30+,32-/m1/s1. The number of hydrogen-bond acceptors (Lipinski definition) is 11. The topological polar surface area (TPSA) is 189 Å². The van der Waals surface area contributed by atoms with Crippen molar-refractivity contribution in [2.45, 2.75) is 87.4 Å². The van der Waals surface area contributed by atoms with Crippen LogP contribution in [0.2, 0.25) is 18.6 Å². The lowest BCUT2D eigenvalue weighted by molar-refractivity contribution is -0.274. The van der Waals surface area contributed by atoms with Gasteiger partial charge in [-0.05, 0) is 43.3 Å². The molecule has 47 heavy (non-hydrogen) atoms. The smallest absolute Gasteiger partial charge is 0.256 e. The van der Waals surface area contributed by atoms with Gasteiger partial charge >= 0.3 is 0 Å². The Bertz CT molecular complexity index is 1510. The van der Waals surface area contributed by atoms with Crippen molar-refractivity contribution in [3.8, 4) is 5.75 Å². The Morgan fingerprint density at radius 3 is 2.49 bits per heavy atom. The first-order valence-electron chi connectivity index (χ1n) is 15.6. The number of halogens is 1. The lowest BCUT2D eigenvalue weighted by Crippen LogP contribution is -2.60. The number of amides is 1. The van der Waals surface area contributed by atoms with Crippen molar-refractivity contribution in [3.63, 3.8) is 0 Å². The highest BCUT2D eigenvalue weighted by Gasteiger charge is 2.48. The maximum atomic E-state index is 16.0. The Hall–Kier alpha value is -3.28. The minimum absolute atomic E-state index is 0.126. The molecule has 3 aromatic rings. The number of anilines is 1. The van der Waals surface area contributed by atoms with E-state index in [4.69, 9.17) is 14.2 Å². The summed E-state index contributed by atoms with van der Waals surface area (Å²) in [6.07, 6.45) is -7.63.